The Balaban J connectivity index is 1.60. The van der Waals surface area contributed by atoms with Gasteiger partial charge in [0.1, 0.15) is 5.01 Å². The zero-order valence-electron chi connectivity index (χ0n) is 13.1. The summed E-state index contributed by atoms with van der Waals surface area (Å²) in [6.07, 6.45) is 2.15. The lowest BCUT2D eigenvalue weighted by Crippen LogP contribution is -2.18. The number of nitriles is 1. The summed E-state index contributed by atoms with van der Waals surface area (Å²) < 4.78 is 7.24. The zero-order chi connectivity index (χ0) is 16.9. The van der Waals surface area contributed by atoms with E-state index in [2.05, 4.69) is 20.5 Å². The van der Waals surface area contributed by atoms with Crippen molar-refractivity contribution in [3.63, 3.8) is 0 Å². The van der Waals surface area contributed by atoms with E-state index < -0.39 is 5.92 Å². The van der Waals surface area contributed by atoms with Crippen molar-refractivity contribution in [2.45, 2.75) is 43.5 Å². The van der Waals surface area contributed by atoms with Crippen molar-refractivity contribution in [2.75, 3.05) is 12.4 Å². The third-order valence-corrected chi connectivity index (χ3v) is 5.58. The summed E-state index contributed by atoms with van der Waals surface area (Å²) in [5.41, 5.74) is 0.816. The molecule has 0 spiro atoms. The number of carbonyl (C=O) groups excluding carboxylic acids is 1. The zero-order valence-corrected chi connectivity index (χ0v) is 14.7. The number of rotatable bonds is 7. The molecule has 0 bridgehead atoms. The third kappa shape index (κ3) is 3.98. The Labute approximate surface area is 147 Å². The molecule has 0 aliphatic carbocycles. The van der Waals surface area contributed by atoms with Gasteiger partial charge in [-0.25, -0.2) is 9.67 Å². The predicted octanol–water partition coefficient (Wildman–Crippen LogP) is 1.59. The third-order valence-electron chi connectivity index (χ3n) is 3.58. The minimum atomic E-state index is -0.835. The van der Waals surface area contributed by atoms with E-state index in [0.717, 1.165) is 25.1 Å². The molecule has 2 aromatic rings. The molecular weight excluding hydrogens is 348 g/mol. The molecule has 0 N–H and O–H groups in total. The number of hydrogen-bond acceptors (Lipinski definition) is 9. The Morgan fingerprint density at radius 2 is 2.54 bits per heavy atom. The maximum absolute atomic E-state index is 12.4. The van der Waals surface area contributed by atoms with Crippen LogP contribution < -0.4 is 0 Å². The normalized spacial score (nSPS) is 18.4. The van der Waals surface area contributed by atoms with Crippen LogP contribution in [-0.2, 0) is 16.1 Å². The van der Waals surface area contributed by atoms with Gasteiger partial charge in [-0.05, 0) is 30.2 Å². The van der Waals surface area contributed by atoms with E-state index in [1.807, 2.05) is 18.4 Å². The van der Waals surface area contributed by atoms with Gasteiger partial charge >= 0.3 is 0 Å². The van der Waals surface area contributed by atoms with E-state index in [1.165, 1.54) is 23.1 Å². The molecule has 3 rings (SSSR count). The first kappa shape index (κ1) is 17.0. The number of ketones is 1. The van der Waals surface area contributed by atoms with Crippen LogP contribution in [0, 0.1) is 18.3 Å². The maximum atomic E-state index is 12.4. The minimum Gasteiger partial charge on any atom is -0.376 e. The first-order chi connectivity index (χ1) is 11.7. The van der Waals surface area contributed by atoms with Crippen molar-refractivity contribution in [1.82, 2.24) is 25.2 Å². The van der Waals surface area contributed by atoms with Crippen LogP contribution >= 0.6 is 23.1 Å². The monoisotopic (exact) mass is 364 g/mol. The Bertz CT molecular complexity index is 747. The highest BCUT2D eigenvalue weighted by Crippen LogP contribution is 2.24. The van der Waals surface area contributed by atoms with E-state index in [0.29, 0.717) is 16.7 Å². The molecule has 10 heteroatoms. The molecule has 0 radical (unpaired) electrons. The highest BCUT2D eigenvalue weighted by molar-refractivity contribution is 7.99. The van der Waals surface area contributed by atoms with Crippen molar-refractivity contribution in [1.29, 1.82) is 5.26 Å². The Kier molecular flexibility index (Phi) is 5.55. The van der Waals surface area contributed by atoms with Gasteiger partial charge in [-0.2, -0.15) is 5.26 Å². The van der Waals surface area contributed by atoms with Crippen LogP contribution in [0.3, 0.4) is 0 Å². The molecule has 2 aromatic heterocycles. The van der Waals surface area contributed by atoms with Crippen LogP contribution in [0.5, 0.6) is 0 Å². The van der Waals surface area contributed by atoms with Crippen molar-refractivity contribution in [2.24, 2.45) is 0 Å². The quantitative estimate of drug-likeness (QED) is 0.682. The number of ether oxygens (including phenoxy) is 1. The van der Waals surface area contributed by atoms with Gasteiger partial charge in [0, 0.05) is 17.7 Å². The van der Waals surface area contributed by atoms with Crippen LogP contribution in [0.15, 0.2) is 10.5 Å². The van der Waals surface area contributed by atoms with Gasteiger partial charge < -0.3 is 4.74 Å². The summed E-state index contributed by atoms with van der Waals surface area (Å²) in [4.78, 5) is 16.6. The largest absolute Gasteiger partial charge is 0.376 e. The SMILES string of the molecule is Cc1csc([C@H](C#N)C(=O)CSc2nnnn2C[C@H]2CCCO2)n1. The summed E-state index contributed by atoms with van der Waals surface area (Å²) in [7, 11) is 0. The van der Waals surface area contributed by atoms with Crippen molar-refractivity contribution >= 4 is 28.9 Å². The van der Waals surface area contributed by atoms with Crippen molar-refractivity contribution in [3.8, 4) is 6.07 Å². The average Bonchev–Trinajstić information content (AvgIpc) is 3.30. The molecule has 2 atom stereocenters. The van der Waals surface area contributed by atoms with Crippen LogP contribution in [0.4, 0.5) is 0 Å². The molecule has 0 saturated carbocycles. The fourth-order valence-electron chi connectivity index (χ4n) is 2.38. The highest BCUT2D eigenvalue weighted by Gasteiger charge is 2.25. The van der Waals surface area contributed by atoms with E-state index in [9.17, 15) is 10.1 Å². The molecule has 1 fully saturated rings. The summed E-state index contributed by atoms with van der Waals surface area (Å²) in [5.74, 6) is -0.898. The summed E-state index contributed by atoms with van der Waals surface area (Å²) in [6, 6.07) is 2.04. The van der Waals surface area contributed by atoms with Gasteiger partial charge in [0.15, 0.2) is 11.7 Å². The molecule has 0 aromatic carbocycles. The predicted molar refractivity (Wildman–Crippen MR) is 87.7 cm³/mol. The van der Waals surface area contributed by atoms with E-state index in [1.54, 1.807) is 4.68 Å². The van der Waals surface area contributed by atoms with Gasteiger partial charge in [0.25, 0.3) is 0 Å². The number of thiazole rings is 1. The minimum absolute atomic E-state index is 0.119. The average molecular weight is 364 g/mol. The Morgan fingerprint density at radius 1 is 1.67 bits per heavy atom. The van der Waals surface area contributed by atoms with Crippen LogP contribution in [-0.4, -0.2) is 49.4 Å². The van der Waals surface area contributed by atoms with E-state index >= 15 is 0 Å². The number of nitrogens with zero attached hydrogens (tertiary/aromatic N) is 6. The molecule has 0 unspecified atom stereocenters. The number of hydrogen-bond donors (Lipinski definition) is 0. The molecule has 24 heavy (non-hydrogen) atoms. The smallest absolute Gasteiger partial charge is 0.209 e. The second kappa shape index (κ2) is 7.83. The van der Waals surface area contributed by atoms with E-state index in [4.69, 9.17) is 4.74 Å². The molecule has 1 aliphatic heterocycles. The summed E-state index contributed by atoms with van der Waals surface area (Å²) in [5, 5.41) is 23.8. The van der Waals surface area contributed by atoms with Crippen molar-refractivity contribution < 1.29 is 9.53 Å². The van der Waals surface area contributed by atoms with Crippen molar-refractivity contribution in [3.05, 3.63) is 16.1 Å². The van der Waals surface area contributed by atoms with Gasteiger partial charge in [-0.3, -0.25) is 4.79 Å². The van der Waals surface area contributed by atoms with Gasteiger partial charge in [0.05, 0.1) is 24.5 Å². The fraction of sp³-hybridized carbons (Fsp3) is 0.571. The number of Topliss-reactive ketones (excluding diaryl/α,β-unsaturated/α-hetero) is 1. The highest BCUT2D eigenvalue weighted by atomic mass is 32.2. The lowest BCUT2D eigenvalue weighted by Gasteiger charge is -2.10. The molecule has 1 aliphatic rings. The Hall–Kier alpha value is -1.83. The van der Waals surface area contributed by atoms with Crippen LogP contribution in [0.2, 0.25) is 0 Å². The van der Waals surface area contributed by atoms with Gasteiger partial charge in [-0.15, -0.1) is 16.4 Å². The molecule has 0 amide bonds. The lowest BCUT2D eigenvalue weighted by molar-refractivity contribution is -0.116. The lowest BCUT2D eigenvalue weighted by atomic mass is 10.1. The molecule has 8 nitrogen and oxygen atoms in total. The number of thioether (sulfide) groups is 1. The molecule has 1 saturated heterocycles. The summed E-state index contributed by atoms with van der Waals surface area (Å²) in [6.45, 7) is 3.19. The second-order valence-electron chi connectivity index (χ2n) is 5.42. The summed E-state index contributed by atoms with van der Waals surface area (Å²) >= 11 is 2.57. The molecular formula is C14H16N6O2S2. The number of carbonyl (C=O) groups is 1. The standard InChI is InChI=1S/C14H16N6O2S2/c1-9-7-23-13(16-9)11(5-15)12(21)8-24-14-17-18-19-20(14)6-10-3-2-4-22-10/h7,10-11H,2-4,6,8H2,1H3/t10-,11-/m1/s1. The van der Waals surface area contributed by atoms with Crippen LogP contribution in [0.1, 0.15) is 29.5 Å². The maximum Gasteiger partial charge on any atom is 0.209 e. The van der Waals surface area contributed by atoms with E-state index in [-0.39, 0.29) is 17.6 Å². The Morgan fingerprint density at radius 3 is 3.21 bits per heavy atom. The van der Waals surface area contributed by atoms with Gasteiger partial charge in [-0.1, -0.05) is 11.8 Å². The van der Waals surface area contributed by atoms with Crippen LogP contribution in [0.25, 0.3) is 0 Å². The second-order valence-corrected chi connectivity index (χ2v) is 7.26. The number of tetrazole rings is 1. The van der Waals surface area contributed by atoms with Gasteiger partial charge in [0.2, 0.25) is 5.16 Å². The topological polar surface area (TPSA) is 107 Å². The first-order valence-corrected chi connectivity index (χ1v) is 9.39. The first-order valence-electron chi connectivity index (χ1n) is 7.52. The number of aryl methyl sites for hydroxylation is 1. The molecule has 126 valence electrons. The number of aromatic nitrogens is 5. The molecule has 3 heterocycles. The fourth-order valence-corrected chi connectivity index (χ4v) is 4.04.